The number of hydrogen-bond donors (Lipinski definition) is 1. The van der Waals surface area contributed by atoms with Gasteiger partial charge in [-0.3, -0.25) is 4.72 Å². The first-order valence-corrected chi connectivity index (χ1v) is 9.58. The maximum Gasteiger partial charge on any atom is 0.261 e. The summed E-state index contributed by atoms with van der Waals surface area (Å²) in [5, 5.41) is 0. The summed E-state index contributed by atoms with van der Waals surface area (Å²) < 4.78 is 28.3. The van der Waals surface area contributed by atoms with Crippen LogP contribution in [-0.2, 0) is 16.4 Å². The average molecular weight is 331 g/mol. The molecule has 2 aromatic rings. The van der Waals surface area contributed by atoms with Gasteiger partial charge >= 0.3 is 0 Å². The number of nitrogens with one attached hydrogen (secondary N) is 1. The van der Waals surface area contributed by atoms with Crippen LogP contribution in [0, 0.1) is 6.92 Å². The Balaban J connectivity index is 2.47. The van der Waals surface area contributed by atoms with Crippen molar-refractivity contribution in [3.8, 4) is 0 Å². The SMILES string of the molecule is CCc1cccc([C@@H](C)CC)c1NS(=O)(=O)c1ccc(C)cc1. The maximum absolute atomic E-state index is 12.7. The van der Waals surface area contributed by atoms with Crippen LogP contribution in [-0.4, -0.2) is 8.42 Å². The number of sulfonamides is 1. The second kappa shape index (κ2) is 7.18. The van der Waals surface area contributed by atoms with Crippen molar-refractivity contribution in [3.05, 3.63) is 59.2 Å². The minimum absolute atomic E-state index is 0.295. The smallest absolute Gasteiger partial charge is 0.261 e. The fourth-order valence-electron chi connectivity index (χ4n) is 2.58. The van der Waals surface area contributed by atoms with Crippen molar-refractivity contribution in [1.29, 1.82) is 0 Å². The molecule has 0 fully saturated rings. The lowest BCUT2D eigenvalue weighted by Gasteiger charge is -2.20. The average Bonchev–Trinajstić information content (AvgIpc) is 2.54. The molecular formula is C19H25NO2S. The molecule has 1 N–H and O–H groups in total. The summed E-state index contributed by atoms with van der Waals surface area (Å²) in [5.41, 5.74) is 3.86. The van der Waals surface area contributed by atoms with Crippen LogP contribution in [0.4, 0.5) is 5.69 Å². The summed E-state index contributed by atoms with van der Waals surface area (Å²) in [6.07, 6.45) is 1.75. The van der Waals surface area contributed by atoms with Crippen molar-refractivity contribution < 1.29 is 8.42 Å². The summed E-state index contributed by atoms with van der Waals surface area (Å²) in [5.74, 6) is 0.303. The zero-order chi connectivity index (χ0) is 17.0. The number of rotatable bonds is 6. The van der Waals surface area contributed by atoms with E-state index >= 15 is 0 Å². The van der Waals surface area contributed by atoms with Crippen molar-refractivity contribution in [2.45, 2.75) is 51.3 Å². The highest BCUT2D eigenvalue weighted by atomic mass is 32.2. The van der Waals surface area contributed by atoms with E-state index in [1.54, 1.807) is 12.1 Å². The van der Waals surface area contributed by atoms with E-state index in [2.05, 4.69) is 18.6 Å². The third-order valence-electron chi connectivity index (χ3n) is 4.27. The molecule has 0 amide bonds. The lowest BCUT2D eigenvalue weighted by Crippen LogP contribution is -2.16. The van der Waals surface area contributed by atoms with Gasteiger partial charge in [0, 0.05) is 0 Å². The molecule has 0 spiro atoms. The molecule has 3 nitrogen and oxygen atoms in total. The van der Waals surface area contributed by atoms with E-state index in [9.17, 15) is 8.42 Å². The first kappa shape index (κ1) is 17.5. The molecule has 23 heavy (non-hydrogen) atoms. The van der Waals surface area contributed by atoms with Gasteiger partial charge in [0.2, 0.25) is 0 Å². The Morgan fingerprint density at radius 3 is 2.26 bits per heavy atom. The van der Waals surface area contributed by atoms with Gasteiger partial charge in [-0.1, -0.05) is 56.7 Å². The van der Waals surface area contributed by atoms with Crippen LogP contribution in [0.3, 0.4) is 0 Å². The Hall–Kier alpha value is -1.81. The van der Waals surface area contributed by atoms with Crippen molar-refractivity contribution >= 4 is 15.7 Å². The van der Waals surface area contributed by atoms with E-state index in [1.807, 2.05) is 44.2 Å². The molecule has 124 valence electrons. The predicted molar refractivity (Wildman–Crippen MR) is 96.5 cm³/mol. The molecule has 0 saturated carbocycles. The second-order valence-electron chi connectivity index (χ2n) is 5.96. The largest absolute Gasteiger partial charge is 0.279 e. The third kappa shape index (κ3) is 3.94. The molecule has 1 atom stereocenters. The first-order chi connectivity index (χ1) is 10.9. The molecule has 0 aliphatic heterocycles. The van der Waals surface area contributed by atoms with Crippen LogP contribution < -0.4 is 4.72 Å². The van der Waals surface area contributed by atoms with Crippen molar-refractivity contribution in [2.24, 2.45) is 0 Å². The Morgan fingerprint density at radius 2 is 1.70 bits per heavy atom. The molecular weight excluding hydrogens is 306 g/mol. The minimum atomic E-state index is -3.58. The van der Waals surface area contributed by atoms with E-state index in [0.29, 0.717) is 10.8 Å². The van der Waals surface area contributed by atoms with Gasteiger partial charge in [-0.25, -0.2) is 8.42 Å². The fraction of sp³-hybridized carbons (Fsp3) is 0.368. The van der Waals surface area contributed by atoms with Crippen LogP contribution in [0.1, 0.15) is 49.8 Å². The van der Waals surface area contributed by atoms with Gasteiger partial charge in [0.15, 0.2) is 0 Å². The van der Waals surface area contributed by atoms with Crippen LogP contribution in [0.5, 0.6) is 0 Å². The van der Waals surface area contributed by atoms with E-state index in [4.69, 9.17) is 0 Å². The number of hydrogen-bond acceptors (Lipinski definition) is 2. The van der Waals surface area contributed by atoms with Crippen molar-refractivity contribution in [3.63, 3.8) is 0 Å². The zero-order valence-electron chi connectivity index (χ0n) is 14.3. The van der Waals surface area contributed by atoms with E-state index in [1.165, 1.54) is 0 Å². The normalized spacial score (nSPS) is 12.9. The molecule has 0 aliphatic carbocycles. The van der Waals surface area contributed by atoms with Gasteiger partial charge in [0.25, 0.3) is 10.0 Å². The molecule has 0 heterocycles. The molecule has 0 bridgehead atoms. The third-order valence-corrected chi connectivity index (χ3v) is 5.64. The quantitative estimate of drug-likeness (QED) is 0.820. The summed E-state index contributed by atoms with van der Waals surface area (Å²) >= 11 is 0. The van der Waals surface area contributed by atoms with Crippen LogP contribution in [0.15, 0.2) is 47.4 Å². The fourth-order valence-corrected chi connectivity index (χ4v) is 3.71. The van der Waals surface area contributed by atoms with Crippen molar-refractivity contribution in [2.75, 3.05) is 4.72 Å². The molecule has 0 saturated heterocycles. The van der Waals surface area contributed by atoms with Crippen molar-refractivity contribution in [1.82, 2.24) is 0 Å². The van der Waals surface area contributed by atoms with Gasteiger partial charge in [-0.15, -0.1) is 0 Å². The highest BCUT2D eigenvalue weighted by molar-refractivity contribution is 7.92. The Bertz CT molecular complexity index is 764. The summed E-state index contributed by atoms with van der Waals surface area (Å²) in [7, 11) is -3.58. The standard InChI is InChI=1S/C19H25NO2S/c1-5-15(4)18-9-7-8-16(6-2)19(18)20-23(21,22)17-12-10-14(3)11-13-17/h7-13,15,20H,5-6H2,1-4H3/t15-/m0/s1. The minimum Gasteiger partial charge on any atom is -0.279 e. The Kier molecular flexibility index (Phi) is 5.47. The molecule has 0 aromatic heterocycles. The van der Waals surface area contributed by atoms with Gasteiger partial charge in [0.1, 0.15) is 0 Å². The lowest BCUT2D eigenvalue weighted by molar-refractivity contribution is 0.601. The molecule has 2 rings (SSSR count). The van der Waals surface area contributed by atoms with Gasteiger partial charge in [0.05, 0.1) is 10.6 Å². The van der Waals surface area contributed by atoms with Crippen LogP contribution in [0.2, 0.25) is 0 Å². The molecule has 0 aliphatic rings. The Labute approximate surface area is 139 Å². The zero-order valence-corrected chi connectivity index (χ0v) is 15.1. The number of benzene rings is 2. The topological polar surface area (TPSA) is 46.2 Å². The van der Waals surface area contributed by atoms with Gasteiger partial charge in [-0.2, -0.15) is 0 Å². The maximum atomic E-state index is 12.7. The highest BCUT2D eigenvalue weighted by Gasteiger charge is 2.19. The molecule has 0 unspecified atom stereocenters. The van der Waals surface area contributed by atoms with Gasteiger partial charge in [-0.05, 0) is 48.9 Å². The van der Waals surface area contributed by atoms with E-state index in [-0.39, 0.29) is 0 Å². The number of anilines is 1. The van der Waals surface area contributed by atoms with Gasteiger partial charge < -0.3 is 0 Å². The van der Waals surface area contributed by atoms with Crippen LogP contribution >= 0.6 is 0 Å². The predicted octanol–water partition coefficient (Wildman–Crippen LogP) is 4.87. The lowest BCUT2D eigenvalue weighted by atomic mass is 9.94. The molecule has 4 heteroatoms. The Morgan fingerprint density at radius 1 is 1.04 bits per heavy atom. The first-order valence-electron chi connectivity index (χ1n) is 8.10. The number of para-hydroxylation sites is 1. The molecule has 2 aromatic carbocycles. The number of aryl methyl sites for hydroxylation is 2. The monoisotopic (exact) mass is 331 g/mol. The van der Waals surface area contributed by atoms with E-state index < -0.39 is 10.0 Å². The second-order valence-corrected chi connectivity index (χ2v) is 7.65. The highest BCUT2D eigenvalue weighted by Crippen LogP contribution is 2.32. The summed E-state index contributed by atoms with van der Waals surface area (Å²) in [6.45, 7) is 8.22. The van der Waals surface area contributed by atoms with Crippen LogP contribution in [0.25, 0.3) is 0 Å². The van der Waals surface area contributed by atoms with E-state index in [0.717, 1.165) is 35.2 Å². The summed E-state index contributed by atoms with van der Waals surface area (Å²) in [4.78, 5) is 0.295. The molecule has 0 radical (unpaired) electrons. The summed E-state index contributed by atoms with van der Waals surface area (Å²) in [6, 6.07) is 12.9.